The topological polar surface area (TPSA) is 186 Å². The van der Waals surface area contributed by atoms with Crippen LogP contribution in [0.25, 0.3) is 11.2 Å². The highest BCUT2D eigenvalue weighted by Gasteiger charge is 2.42. The Morgan fingerprint density at radius 1 is 1.23 bits per heavy atom. The number of benzene rings is 1. The number of nitrogens with zero attached hydrogens (tertiary/aromatic N) is 4. The summed E-state index contributed by atoms with van der Waals surface area (Å²) in [4.78, 5) is 12.0. The molecule has 164 valence electrons. The summed E-state index contributed by atoms with van der Waals surface area (Å²) in [6.45, 7) is 0. The maximum atomic E-state index is 12.3. The van der Waals surface area contributed by atoms with Gasteiger partial charge in [0.2, 0.25) is 16.3 Å². The molecule has 0 amide bonds. The van der Waals surface area contributed by atoms with Gasteiger partial charge in [0.15, 0.2) is 11.5 Å². The van der Waals surface area contributed by atoms with Gasteiger partial charge in [-0.3, -0.25) is 9.29 Å². The van der Waals surface area contributed by atoms with Crippen LogP contribution in [0.5, 0.6) is 5.75 Å². The van der Waals surface area contributed by atoms with Crippen molar-refractivity contribution in [3.63, 3.8) is 0 Å². The van der Waals surface area contributed by atoms with Crippen molar-refractivity contribution in [2.45, 2.75) is 24.9 Å². The number of nitrogens with two attached hydrogens (primary N) is 1. The van der Waals surface area contributed by atoms with Crippen molar-refractivity contribution in [1.82, 2.24) is 24.2 Å². The minimum Gasteiger partial charge on any atom is -0.508 e. The van der Waals surface area contributed by atoms with Gasteiger partial charge in [-0.15, -0.1) is 0 Å². The van der Waals surface area contributed by atoms with E-state index in [1.807, 2.05) is 0 Å². The van der Waals surface area contributed by atoms with Gasteiger partial charge in [0.05, 0.1) is 12.0 Å². The molecule has 4 rings (SSSR count). The van der Waals surface area contributed by atoms with Crippen LogP contribution in [-0.4, -0.2) is 61.2 Å². The number of fused-ring (bicyclic) bond motifs is 1. The maximum absolute atomic E-state index is 12.3. The van der Waals surface area contributed by atoms with Crippen molar-refractivity contribution < 1.29 is 28.5 Å². The number of aromatic nitrogens is 4. The summed E-state index contributed by atoms with van der Waals surface area (Å²) >= 11 is 0. The van der Waals surface area contributed by atoms with Crippen molar-refractivity contribution in [2.75, 3.05) is 11.5 Å². The van der Waals surface area contributed by atoms with Gasteiger partial charge in [-0.25, -0.2) is 23.4 Å². The Balaban J connectivity index is 1.48. The van der Waals surface area contributed by atoms with Gasteiger partial charge < -0.3 is 25.8 Å². The van der Waals surface area contributed by atoms with Gasteiger partial charge in [0, 0.05) is 0 Å². The monoisotopic (exact) mass is 448 g/mol. The number of imidazole rings is 1. The molecule has 31 heavy (non-hydrogen) atoms. The first-order valence-electron chi connectivity index (χ1n) is 9.19. The lowest BCUT2D eigenvalue weighted by molar-refractivity contribution is -0.0119. The molecule has 1 aliphatic heterocycles. The number of aliphatic hydroxyl groups is 2. The molecule has 1 unspecified atom stereocenters. The SMILES string of the molecule is Nc1ncnc2c1ncn2[C@@H]1OC(=CNS(=O)(=O)CCc2ccccc2O)[C@H](O)C1O. The number of para-hydroxylation sites is 1. The van der Waals surface area contributed by atoms with Crippen LogP contribution in [0.4, 0.5) is 5.82 Å². The highest BCUT2D eigenvalue weighted by atomic mass is 32.2. The van der Waals surface area contributed by atoms with E-state index in [1.54, 1.807) is 18.2 Å². The summed E-state index contributed by atoms with van der Waals surface area (Å²) in [5, 5.41) is 30.4. The van der Waals surface area contributed by atoms with E-state index >= 15 is 0 Å². The van der Waals surface area contributed by atoms with E-state index in [1.165, 1.54) is 23.3 Å². The summed E-state index contributed by atoms with van der Waals surface area (Å²) < 4.78 is 33.8. The molecule has 0 aliphatic carbocycles. The number of phenolic OH excluding ortho intramolecular Hbond substituents is 1. The second kappa shape index (κ2) is 8.02. The molecule has 3 aromatic rings. The quantitative estimate of drug-likeness (QED) is 0.325. The van der Waals surface area contributed by atoms with Crippen molar-refractivity contribution in [1.29, 1.82) is 0 Å². The van der Waals surface area contributed by atoms with E-state index in [4.69, 9.17) is 10.5 Å². The van der Waals surface area contributed by atoms with Crippen molar-refractivity contribution >= 4 is 27.0 Å². The van der Waals surface area contributed by atoms with E-state index in [0.717, 1.165) is 6.20 Å². The average Bonchev–Trinajstić information content (AvgIpc) is 3.29. The fourth-order valence-electron chi connectivity index (χ4n) is 3.17. The summed E-state index contributed by atoms with van der Waals surface area (Å²) in [6.07, 6.45) is -0.378. The lowest BCUT2D eigenvalue weighted by Crippen LogP contribution is -2.28. The lowest BCUT2D eigenvalue weighted by Gasteiger charge is -2.15. The number of nitrogens with one attached hydrogen (secondary N) is 1. The number of aromatic hydroxyl groups is 1. The zero-order valence-electron chi connectivity index (χ0n) is 16.0. The van der Waals surface area contributed by atoms with Gasteiger partial charge in [-0.1, -0.05) is 18.2 Å². The van der Waals surface area contributed by atoms with Crippen LogP contribution in [0.15, 0.2) is 48.9 Å². The molecule has 3 heterocycles. The Kier molecular flexibility index (Phi) is 5.39. The fraction of sp³-hybridized carbons (Fsp3) is 0.278. The van der Waals surface area contributed by atoms with E-state index in [-0.39, 0.29) is 35.1 Å². The van der Waals surface area contributed by atoms with E-state index < -0.39 is 28.5 Å². The van der Waals surface area contributed by atoms with Crippen molar-refractivity contribution in [3.8, 4) is 5.75 Å². The van der Waals surface area contributed by atoms with Gasteiger partial charge in [-0.05, 0) is 18.1 Å². The largest absolute Gasteiger partial charge is 0.508 e. The molecule has 1 aromatic carbocycles. The second-order valence-corrected chi connectivity index (χ2v) is 8.76. The predicted molar refractivity (Wildman–Crippen MR) is 109 cm³/mol. The standard InChI is InChI=1S/C18H20N6O6S/c19-16-13-17(21-8-20-16)24(9-22-13)18-15(27)14(26)12(30-18)7-23-31(28,29)6-5-10-3-1-2-4-11(10)25/h1-4,7-9,14-15,18,23,25-27H,5-6H2,(H2,19,20,21)/t14-,15?,18+/m0/s1. The normalized spacial score (nSPS) is 22.6. The van der Waals surface area contributed by atoms with Gasteiger partial charge in [0.25, 0.3) is 0 Å². The number of hydrogen-bond donors (Lipinski definition) is 5. The summed E-state index contributed by atoms with van der Waals surface area (Å²) in [5.41, 5.74) is 6.82. The molecule has 1 fully saturated rings. The molecule has 1 saturated heterocycles. The smallest absolute Gasteiger partial charge is 0.232 e. The highest BCUT2D eigenvalue weighted by molar-refractivity contribution is 7.89. The third-order valence-corrected chi connectivity index (χ3v) is 6.06. The zero-order chi connectivity index (χ0) is 22.2. The minimum absolute atomic E-state index is 0.00794. The molecule has 0 spiro atoms. The van der Waals surface area contributed by atoms with Crippen LogP contribution in [-0.2, 0) is 21.2 Å². The third-order valence-electron chi connectivity index (χ3n) is 4.84. The molecule has 12 nitrogen and oxygen atoms in total. The molecule has 0 bridgehead atoms. The Bertz CT molecular complexity index is 1240. The highest BCUT2D eigenvalue weighted by Crippen LogP contribution is 2.33. The number of nitrogen functional groups attached to an aromatic ring is 1. The fourth-order valence-corrected chi connectivity index (χ4v) is 4.08. The summed E-state index contributed by atoms with van der Waals surface area (Å²) in [7, 11) is -3.80. The molecular weight excluding hydrogens is 428 g/mol. The Hall–Kier alpha value is -3.42. The minimum atomic E-state index is -3.80. The second-order valence-electron chi connectivity index (χ2n) is 6.89. The molecule has 3 atom stereocenters. The first kappa shape index (κ1) is 20.8. The molecule has 0 radical (unpaired) electrons. The summed E-state index contributed by atoms with van der Waals surface area (Å²) in [5.74, 6) is -0.329. The van der Waals surface area contributed by atoms with E-state index in [0.29, 0.717) is 11.1 Å². The number of aryl methyl sites for hydroxylation is 1. The van der Waals surface area contributed by atoms with Crippen LogP contribution in [0.2, 0.25) is 0 Å². The van der Waals surface area contributed by atoms with Crippen molar-refractivity contribution in [2.24, 2.45) is 0 Å². The number of anilines is 1. The maximum Gasteiger partial charge on any atom is 0.232 e. The molecule has 6 N–H and O–H groups in total. The first-order chi connectivity index (χ1) is 14.8. The van der Waals surface area contributed by atoms with Gasteiger partial charge in [-0.2, -0.15) is 0 Å². The predicted octanol–water partition coefficient (Wildman–Crippen LogP) is -0.632. The average molecular weight is 448 g/mol. The number of aliphatic hydroxyl groups excluding tert-OH is 2. The molecule has 2 aromatic heterocycles. The van der Waals surface area contributed by atoms with E-state index in [2.05, 4.69) is 19.7 Å². The van der Waals surface area contributed by atoms with Gasteiger partial charge in [0.1, 0.15) is 41.9 Å². The Morgan fingerprint density at radius 2 is 2.00 bits per heavy atom. The third kappa shape index (κ3) is 4.10. The van der Waals surface area contributed by atoms with Crippen LogP contribution in [0.3, 0.4) is 0 Å². The Labute approximate surface area is 176 Å². The zero-order valence-corrected chi connectivity index (χ0v) is 16.8. The number of rotatable bonds is 6. The van der Waals surface area contributed by atoms with Crippen LogP contribution in [0.1, 0.15) is 11.8 Å². The first-order valence-corrected chi connectivity index (χ1v) is 10.8. The number of hydrogen-bond acceptors (Lipinski definition) is 10. The molecule has 1 aliphatic rings. The lowest BCUT2D eigenvalue weighted by atomic mass is 10.1. The number of ether oxygens (including phenoxy) is 1. The van der Waals surface area contributed by atoms with Crippen LogP contribution >= 0.6 is 0 Å². The van der Waals surface area contributed by atoms with Crippen molar-refractivity contribution in [3.05, 3.63) is 54.4 Å². The van der Waals surface area contributed by atoms with E-state index in [9.17, 15) is 23.7 Å². The van der Waals surface area contributed by atoms with Gasteiger partial charge >= 0.3 is 0 Å². The summed E-state index contributed by atoms with van der Waals surface area (Å²) in [6, 6.07) is 6.43. The molecule has 0 saturated carbocycles. The molecule has 13 heteroatoms. The number of phenols is 1. The molecular formula is C18H20N6O6S. The van der Waals surface area contributed by atoms with Crippen LogP contribution in [0, 0.1) is 0 Å². The van der Waals surface area contributed by atoms with Crippen LogP contribution < -0.4 is 10.5 Å². The Morgan fingerprint density at radius 3 is 2.77 bits per heavy atom. The number of sulfonamides is 1.